The van der Waals surface area contributed by atoms with Crippen molar-refractivity contribution in [3.8, 4) is 0 Å². The minimum absolute atomic E-state index is 0. The predicted molar refractivity (Wildman–Crippen MR) is 127 cm³/mol. The third-order valence-electron chi connectivity index (χ3n) is 4.79. The van der Waals surface area contributed by atoms with Crippen molar-refractivity contribution in [3.05, 3.63) is 71.5 Å². The summed E-state index contributed by atoms with van der Waals surface area (Å²) in [7, 11) is 1.68. The average Bonchev–Trinajstić information content (AvgIpc) is 2.69. The van der Waals surface area contributed by atoms with Gasteiger partial charge < -0.3 is 16.4 Å². The Morgan fingerprint density at radius 1 is 1.10 bits per heavy atom. The molecule has 0 saturated heterocycles. The van der Waals surface area contributed by atoms with Gasteiger partial charge in [0.25, 0.3) is 0 Å². The van der Waals surface area contributed by atoms with E-state index < -0.39 is 11.8 Å². The molecule has 158 valence electrons. The monoisotopic (exact) mass is 512 g/mol. The predicted octanol–water partition coefficient (Wildman–Crippen LogP) is 3.23. The van der Waals surface area contributed by atoms with Gasteiger partial charge in [-0.15, -0.1) is 24.0 Å². The van der Waals surface area contributed by atoms with Crippen molar-refractivity contribution in [2.24, 2.45) is 16.6 Å². The molecule has 0 fully saturated rings. The van der Waals surface area contributed by atoms with Gasteiger partial charge in [0.15, 0.2) is 5.96 Å². The number of rotatable bonds is 8. The van der Waals surface area contributed by atoms with Crippen LogP contribution in [0.2, 0.25) is 0 Å². The molecule has 29 heavy (non-hydrogen) atoms. The van der Waals surface area contributed by atoms with Gasteiger partial charge in [-0.25, -0.2) is 4.39 Å². The fourth-order valence-corrected chi connectivity index (χ4v) is 2.91. The van der Waals surface area contributed by atoms with E-state index in [1.54, 1.807) is 19.2 Å². The third-order valence-corrected chi connectivity index (χ3v) is 4.79. The van der Waals surface area contributed by atoms with E-state index in [2.05, 4.69) is 41.6 Å². The van der Waals surface area contributed by atoms with Crippen LogP contribution in [0, 0.1) is 11.7 Å². The molecule has 2 aromatic carbocycles. The number of aliphatic imine (C=N–C) groups is 1. The summed E-state index contributed by atoms with van der Waals surface area (Å²) in [5, 5.41) is 6.48. The Bertz CT molecular complexity index is 794. The van der Waals surface area contributed by atoms with Gasteiger partial charge >= 0.3 is 0 Å². The molecule has 7 heteroatoms. The number of nitrogens with two attached hydrogens (primary N) is 1. The molecule has 2 aromatic rings. The van der Waals surface area contributed by atoms with E-state index in [0.29, 0.717) is 25.5 Å². The highest BCUT2D eigenvalue weighted by Gasteiger charge is 2.21. The van der Waals surface area contributed by atoms with Crippen LogP contribution in [0.25, 0.3) is 0 Å². The Morgan fingerprint density at radius 2 is 1.72 bits per heavy atom. The third kappa shape index (κ3) is 8.00. The molecular formula is C22H30FIN4O. The van der Waals surface area contributed by atoms with Crippen molar-refractivity contribution < 1.29 is 9.18 Å². The Balaban J connectivity index is 0.00000420. The van der Waals surface area contributed by atoms with Gasteiger partial charge in [0, 0.05) is 25.6 Å². The fraction of sp³-hybridized carbons (Fsp3) is 0.364. The minimum atomic E-state index is -0.425. The first-order valence-electron chi connectivity index (χ1n) is 9.35. The molecule has 1 amide bonds. The van der Waals surface area contributed by atoms with Crippen LogP contribution in [0.5, 0.6) is 0 Å². The standard InChI is InChI=1S/C22H29FN4O.HI/c1-22(2,18-7-5-4-6-8-18)15-27-21(25-3)26-14-17(20(24)28)13-16-9-11-19(23)12-10-16;/h4-12,17H,13-15H2,1-3H3,(H2,24,28)(H2,25,26,27);1H. The van der Waals surface area contributed by atoms with E-state index in [4.69, 9.17) is 5.73 Å². The highest BCUT2D eigenvalue weighted by atomic mass is 127. The van der Waals surface area contributed by atoms with E-state index in [9.17, 15) is 9.18 Å². The summed E-state index contributed by atoms with van der Waals surface area (Å²) >= 11 is 0. The summed E-state index contributed by atoms with van der Waals surface area (Å²) in [4.78, 5) is 16.0. The lowest BCUT2D eigenvalue weighted by Gasteiger charge is -2.27. The summed E-state index contributed by atoms with van der Waals surface area (Å²) < 4.78 is 13.1. The SMILES string of the molecule is CN=C(NCC(Cc1ccc(F)cc1)C(N)=O)NCC(C)(C)c1ccccc1.I. The van der Waals surface area contributed by atoms with Crippen LogP contribution in [0.1, 0.15) is 25.0 Å². The van der Waals surface area contributed by atoms with E-state index in [1.807, 2.05) is 18.2 Å². The molecule has 1 unspecified atom stereocenters. The van der Waals surface area contributed by atoms with Crippen LogP contribution >= 0.6 is 24.0 Å². The molecule has 5 nitrogen and oxygen atoms in total. The number of halogens is 2. The Morgan fingerprint density at radius 3 is 2.28 bits per heavy atom. The lowest BCUT2D eigenvalue weighted by atomic mass is 9.85. The van der Waals surface area contributed by atoms with E-state index in [0.717, 1.165) is 5.56 Å². The molecule has 2 rings (SSSR count). The molecule has 0 aliphatic carbocycles. The first kappa shape index (κ1) is 24.9. The number of amides is 1. The maximum Gasteiger partial charge on any atom is 0.222 e. The lowest BCUT2D eigenvalue weighted by Crippen LogP contribution is -2.46. The Kier molecular flexibility index (Phi) is 10.1. The first-order valence-corrected chi connectivity index (χ1v) is 9.35. The van der Waals surface area contributed by atoms with Gasteiger partial charge in [0.2, 0.25) is 5.91 Å². The van der Waals surface area contributed by atoms with Gasteiger partial charge in [0.1, 0.15) is 5.82 Å². The molecule has 1 atom stereocenters. The summed E-state index contributed by atoms with van der Waals surface area (Å²) in [5.41, 5.74) is 7.55. The quantitative estimate of drug-likeness (QED) is 0.289. The molecule has 0 bridgehead atoms. The van der Waals surface area contributed by atoms with Crippen molar-refractivity contribution in [1.29, 1.82) is 0 Å². The van der Waals surface area contributed by atoms with Gasteiger partial charge in [-0.1, -0.05) is 56.3 Å². The lowest BCUT2D eigenvalue weighted by molar-refractivity contribution is -0.121. The van der Waals surface area contributed by atoms with E-state index in [-0.39, 0.29) is 35.2 Å². The molecule has 0 heterocycles. The van der Waals surface area contributed by atoms with E-state index in [1.165, 1.54) is 17.7 Å². The topological polar surface area (TPSA) is 79.5 Å². The molecule has 0 aliphatic rings. The van der Waals surface area contributed by atoms with Crippen molar-refractivity contribution in [1.82, 2.24) is 10.6 Å². The maximum absolute atomic E-state index is 13.1. The van der Waals surface area contributed by atoms with Gasteiger partial charge in [-0.3, -0.25) is 9.79 Å². The Labute approximate surface area is 189 Å². The molecule has 0 saturated carbocycles. The Hall–Kier alpha value is -2.16. The first-order chi connectivity index (χ1) is 13.3. The van der Waals surface area contributed by atoms with Crippen LogP contribution in [-0.4, -0.2) is 32.0 Å². The second-order valence-electron chi connectivity index (χ2n) is 7.49. The van der Waals surface area contributed by atoms with Gasteiger partial charge in [0.05, 0.1) is 5.92 Å². The number of hydrogen-bond acceptors (Lipinski definition) is 2. The van der Waals surface area contributed by atoms with Gasteiger partial charge in [-0.2, -0.15) is 0 Å². The number of carbonyl (C=O) groups excluding carboxylic acids is 1. The number of nitrogens with zero attached hydrogens (tertiary/aromatic N) is 1. The van der Waals surface area contributed by atoms with Crippen LogP contribution in [-0.2, 0) is 16.6 Å². The van der Waals surface area contributed by atoms with Crippen LogP contribution in [0.4, 0.5) is 4.39 Å². The minimum Gasteiger partial charge on any atom is -0.369 e. The number of carbonyl (C=O) groups is 1. The zero-order valence-electron chi connectivity index (χ0n) is 17.1. The number of hydrogen-bond donors (Lipinski definition) is 3. The molecule has 0 aliphatic heterocycles. The molecular weight excluding hydrogens is 482 g/mol. The van der Waals surface area contributed by atoms with Crippen LogP contribution in [0.15, 0.2) is 59.6 Å². The molecule has 0 aromatic heterocycles. The van der Waals surface area contributed by atoms with Crippen molar-refractivity contribution in [3.63, 3.8) is 0 Å². The average molecular weight is 512 g/mol. The van der Waals surface area contributed by atoms with Crippen molar-refractivity contribution in [2.45, 2.75) is 25.7 Å². The van der Waals surface area contributed by atoms with Gasteiger partial charge in [-0.05, 0) is 29.7 Å². The molecule has 4 N–H and O–H groups in total. The van der Waals surface area contributed by atoms with Crippen LogP contribution in [0.3, 0.4) is 0 Å². The highest BCUT2D eigenvalue weighted by Crippen LogP contribution is 2.21. The van der Waals surface area contributed by atoms with Crippen LogP contribution < -0.4 is 16.4 Å². The second kappa shape index (κ2) is 11.7. The summed E-state index contributed by atoms with van der Waals surface area (Å²) in [6, 6.07) is 16.3. The number of benzene rings is 2. The number of nitrogens with one attached hydrogen (secondary N) is 2. The summed E-state index contributed by atoms with van der Waals surface area (Å²) in [6.45, 7) is 5.33. The van der Waals surface area contributed by atoms with E-state index >= 15 is 0 Å². The summed E-state index contributed by atoms with van der Waals surface area (Å²) in [6.07, 6.45) is 0.440. The maximum atomic E-state index is 13.1. The number of primary amides is 1. The largest absolute Gasteiger partial charge is 0.369 e. The smallest absolute Gasteiger partial charge is 0.222 e. The number of guanidine groups is 1. The molecule has 0 radical (unpaired) electrons. The normalized spacial score (nSPS) is 12.6. The molecule has 0 spiro atoms. The zero-order valence-corrected chi connectivity index (χ0v) is 19.4. The van der Waals surface area contributed by atoms with Crippen molar-refractivity contribution in [2.75, 3.05) is 20.1 Å². The highest BCUT2D eigenvalue weighted by molar-refractivity contribution is 14.0. The fourth-order valence-electron chi connectivity index (χ4n) is 2.91. The van der Waals surface area contributed by atoms with Crippen molar-refractivity contribution >= 4 is 35.8 Å². The summed E-state index contributed by atoms with van der Waals surface area (Å²) in [5.74, 6) is -0.527. The second-order valence-corrected chi connectivity index (χ2v) is 7.49. The zero-order chi connectivity index (χ0) is 20.6.